The number of hydrogen-bond donors (Lipinski definition) is 4. The molecule has 67 heavy (non-hydrogen) atoms. The lowest BCUT2D eigenvalue weighted by molar-refractivity contribution is -0.135. The average Bonchev–Trinajstić information content (AvgIpc) is 4.15. The van der Waals surface area contributed by atoms with Gasteiger partial charge in [-0.25, -0.2) is 23.5 Å². The van der Waals surface area contributed by atoms with Crippen molar-refractivity contribution < 1.29 is 27.8 Å². The third kappa shape index (κ3) is 9.05. The minimum atomic E-state index is -0.552. The van der Waals surface area contributed by atoms with E-state index in [0.717, 1.165) is 42.8 Å². The highest BCUT2D eigenvalue weighted by atomic mass is 19.1. The van der Waals surface area contributed by atoms with Crippen molar-refractivity contribution >= 4 is 39.8 Å². The summed E-state index contributed by atoms with van der Waals surface area (Å²) in [6.07, 6.45) is 3.74. The molecule has 13 nitrogen and oxygen atoms in total. The molecule has 3 aliphatic heterocycles. The summed E-state index contributed by atoms with van der Waals surface area (Å²) in [5.41, 5.74) is 5.24. The maximum Gasteiger partial charge on any atom is 0.407 e. The van der Waals surface area contributed by atoms with Crippen molar-refractivity contribution in [3.63, 3.8) is 0 Å². The molecule has 0 spiro atoms. The number of aromatic amines is 2. The van der Waals surface area contributed by atoms with Gasteiger partial charge in [-0.2, -0.15) is 0 Å². The number of anilines is 1. The average molecular weight is 920 g/mol. The number of amides is 2. The van der Waals surface area contributed by atoms with Crippen LogP contribution in [0.15, 0.2) is 73.3 Å². The first-order valence-corrected chi connectivity index (χ1v) is 23.8. The van der Waals surface area contributed by atoms with Gasteiger partial charge in [-0.1, -0.05) is 79.3 Å². The highest BCUT2D eigenvalue weighted by Crippen LogP contribution is 2.50. The molecule has 3 aliphatic rings. The lowest BCUT2D eigenvalue weighted by Crippen LogP contribution is -2.48. The van der Waals surface area contributed by atoms with Gasteiger partial charge in [-0.05, 0) is 92.2 Å². The predicted molar refractivity (Wildman–Crippen MR) is 258 cm³/mol. The minimum absolute atomic E-state index is 0.0396. The minimum Gasteiger partial charge on any atom is -0.483 e. The van der Waals surface area contributed by atoms with E-state index >= 15 is 8.78 Å². The molecule has 6 atom stereocenters. The van der Waals surface area contributed by atoms with Gasteiger partial charge in [0.25, 0.3) is 0 Å². The zero-order valence-electron chi connectivity index (χ0n) is 40.4. The molecule has 4 N–H and O–H groups in total. The Kier molecular flexibility index (Phi) is 13.3. The number of hydrogen-bond acceptors (Lipinski definition) is 9. The third-order valence-corrected chi connectivity index (χ3v) is 14.2. The van der Waals surface area contributed by atoms with E-state index in [1.807, 2.05) is 56.9 Å². The summed E-state index contributed by atoms with van der Waals surface area (Å²) >= 11 is 0. The maximum atomic E-state index is 17.3. The van der Waals surface area contributed by atoms with E-state index < -0.39 is 35.9 Å². The highest BCUT2D eigenvalue weighted by Gasteiger charge is 2.41. The van der Waals surface area contributed by atoms with E-state index in [2.05, 4.69) is 88.6 Å². The number of imidazole rings is 2. The third-order valence-electron chi connectivity index (χ3n) is 14.2. The van der Waals surface area contributed by atoms with Gasteiger partial charge in [0.2, 0.25) is 5.91 Å². The molecular weight excluding hydrogens is 853 g/mol. The number of nitrogens with one attached hydrogen (secondary N) is 4. The van der Waals surface area contributed by atoms with Gasteiger partial charge in [-0.15, -0.1) is 0 Å². The van der Waals surface area contributed by atoms with Gasteiger partial charge < -0.3 is 44.8 Å². The molecule has 3 aromatic carbocycles. The van der Waals surface area contributed by atoms with Crippen molar-refractivity contribution in [1.82, 2.24) is 40.4 Å². The molecule has 8 rings (SSSR count). The van der Waals surface area contributed by atoms with Crippen LogP contribution >= 0.6 is 0 Å². The number of likely N-dealkylation sites (tertiary alicyclic amines) is 2. The molecule has 5 aromatic rings. The smallest absolute Gasteiger partial charge is 0.407 e. The quantitative estimate of drug-likeness (QED) is 0.0801. The standard InChI is InChI=1S/C52H67F2N9O4/c1-28(2)44(60-51(65)67-11)30(5)61-26-12-14-40(61)48-56-36-22-20-34(42(53)46(36)58-48)38-24-25-39(63(38)33-18-16-32(17-19-33)52(7,8)9)35-21-23-37-47(43(35)54)59-49(57-37)41-15-13-27-62(41)50(64)45(29(3)4)55-31(6)66-10/h16-23,28-29,38-41,44-45,55H,5-6,12-15,24-27H2,1-4,7-11H3,(H,56,58)(H,57,59)(H,60,65)/t38-,39+,40+,41+,44+,45+/m1/s1. The van der Waals surface area contributed by atoms with Crippen molar-refractivity contribution in [3.05, 3.63) is 113 Å². The molecular formula is C52H67F2N9O4. The van der Waals surface area contributed by atoms with Crippen molar-refractivity contribution in [2.45, 2.75) is 129 Å². The number of fused-ring (bicyclic) bond motifs is 2. The summed E-state index contributed by atoms with van der Waals surface area (Å²) in [5.74, 6) is 0.589. The lowest BCUT2D eigenvalue weighted by atomic mass is 9.87. The molecule has 3 saturated heterocycles. The Balaban J connectivity index is 1.12. The number of benzene rings is 3. The van der Waals surface area contributed by atoms with E-state index in [4.69, 9.17) is 19.4 Å². The Labute approximate surface area is 392 Å². The second kappa shape index (κ2) is 18.9. The van der Waals surface area contributed by atoms with Crippen LogP contribution in [0.2, 0.25) is 0 Å². The maximum absolute atomic E-state index is 17.3. The molecule has 5 heterocycles. The first-order chi connectivity index (χ1) is 31.9. The number of nitrogens with zero attached hydrogens (tertiary/aromatic N) is 5. The van der Waals surface area contributed by atoms with Crippen LogP contribution in [-0.4, -0.2) is 81.1 Å². The number of aromatic nitrogens is 4. The summed E-state index contributed by atoms with van der Waals surface area (Å²) in [6, 6.07) is 13.4. The van der Waals surface area contributed by atoms with Gasteiger partial charge in [-0.3, -0.25) is 4.79 Å². The fraction of sp³-hybridized carbons (Fsp3) is 0.500. The Morgan fingerprint density at radius 1 is 0.731 bits per heavy atom. The van der Waals surface area contributed by atoms with E-state index in [9.17, 15) is 9.59 Å². The Morgan fingerprint density at radius 2 is 1.33 bits per heavy atom. The molecule has 0 saturated carbocycles. The summed E-state index contributed by atoms with van der Waals surface area (Å²) in [5, 5.41) is 6.05. The van der Waals surface area contributed by atoms with Gasteiger partial charge in [0, 0.05) is 35.6 Å². The van der Waals surface area contributed by atoms with Crippen LogP contribution in [0.4, 0.5) is 19.3 Å². The van der Waals surface area contributed by atoms with E-state index in [0.29, 0.717) is 65.5 Å². The SMILES string of the molecule is C=C(N[C@H](C(=O)N1CCC[C@H]1c1nc2ccc([C@@H]3CC[C@H](c4ccc5[nH]c([C@@H]6CCCN6C(=C)[C@@H](NC(=O)OC)C(C)C)nc5c4F)N3c3ccc(C(C)(C)C)cc3)c(F)c2[nH]1)C(C)C)OC. The molecule has 358 valence electrons. The van der Waals surface area contributed by atoms with Crippen LogP contribution in [0.1, 0.15) is 139 Å². The number of carbonyl (C=O) groups is 2. The van der Waals surface area contributed by atoms with Gasteiger partial charge in [0.05, 0.1) is 55.5 Å². The number of carbonyl (C=O) groups excluding carboxylic acids is 2. The number of ether oxygens (including phenoxy) is 2. The van der Waals surface area contributed by atoms with E-state index in [-0.39, 0.29) is 52.3 Å². The van der Waals surface area contributed by atoms with Crippen LogP contribution in [0.5, 0.6) is 0 Å². The number of methoxy groups -OCH3 is 2. The highest BCUT2D eigenvalue weighted by molar-refractivity contribution is 5.84. The first kappa shape index (κ1) is 47.4. The van der Waals surface area contributed by atoms with Gasteiger partial charge >= 0.3 is 6.09 Å². The number of H-pyrrole nitrogens is 2. The van der Waals surface area contributed by atoms with E-state index in [1.165, 1.54) is 14.2 Å². The second-order valence-corrected chi connectivity index (χ2v) is 20.2. The van der Waals surface area contributed by atoms with Crippen molar-refractivity contribution in [2.24, 2.45) is 11.8 Å². The summed E-state index contributed by atoms with van der Waals surface area (Å²) in [7, 11) is 2.85. The predicted octanol–water partition coefficient (Wildman–Crippen LogP) is 10.5. The number of halogens is 2. The van der Waals surface area contributed by atoms with Crippen molar-refractivity contribution in [3.8, 4) is 0 Å². The molecule has 2 amide bonds. The van der Waals surface area contributed by atoms with Crippen molar-refractivity contribution in [2.75, 3.05) is 32.2 Å². The Morgan fingerprint density at radius 3 is 1.94 bits per heavy atom. The summed E-state index contributed by atoms with van der Waals surface area (Å²) < 4.78 is 44.7. The van der Waals surface area contributed by atoms with Crippen LogP contribution < -0.4 is 15.5 Å². The van der Waals surface area contributed by atoms with Crippen LogP contribution in [0.3, 0.4) is 0 Å². The fourth-order valence-electron chi connectivity index (χ4n) is 10.5. The number of alkyl carbamates (subject to hydrolysis) is 1. The largest absolute Gasteiger partial charge is 0.483 e. The monoisotopic (exact) mass is 920 g/mol. The van der Waals surface area contributed by atoms with E-state index in [1.54, 1.807) is 0 Å². The zero-order valence-corrected chi connectivity index (χ0v) is 40.4. The van der Waals surface area contributed by atoms with Crippen LogP contribution in [0.25, 0.3) is 22.1 Å². The van der Waals surface area contributed by atoms with Crippen molar-refractivity contribution in [1.29, 1.82) is 0 Å². The second-order valence-electron chi connectivity index (χ2n) is 20.2. The fourth-order valence-corrected chi connectivity index (χ4v) is 10.5. The van der Waals surface area contributed by atoms with Crippen LogP contribution in [0, 0.1) is 23.5 Å². The molecule has 0 bridgehead atoms. The first-order valence-electron chi connectivity index (χ1n) is 23.8. The molecule has 2 aromatic heterocycles. The summed E-state index contributed by atoms with van der Waals surface area (Å²) in [4.78, 5) is 49.0. The van der Waals surface area contributed by atoms with Crippen LogP contribution in [-0.2, 0) is 19.7 Å². The Hall–Kier alpha value is -6.12. The molecule has 15 heteroatoms. The molecule has 0 unspecified atom stereocenters. The molecule has 3 fully saturated rings. The summed E-state index contributed by atoms with van der Waals surface area (Å²) in [6.45, 7) is 24.0. The molecule has 0 aliphatic carbocycles. The molecule has 0 radical (unpaired) electrons. The number of rotatable bonds is 14. The Bertz CT molecular complexity index is 2500. The topological polar surface area (TPSA) is 144 Å². The van der Waals surface area contributed by atoms with Gasteiger partial charge in [0.15, 0.2) is 17.5 Å². The van der Waals surface area contributed by atoms with Gasteiger partial charge in [0.1, 0.15) is 28.7 Å². The zero-order chi connectivity index (χ0) is 48.1. The normalized spacial score (nSPS) is 20.9. The lowest BCUT2D eigenvalue weighted by Gasteiger charge is -2.34.